The maximum absolute atomic E-state index is 12.6. The highest BCUT2D eigenvalue weighted by Gasteiger charge is 2.48. The van der Waals surface area contributed by atoms with E-state index in [2.05, 4.69) is 6.92 Å². The topological polar surface area (TPSA) is 57.7 Å². The Hall–Kier alpha value is -1.39. The maximum Gasteiger partial charge on any atom is 0.242 e. The fourth-order valence-electron chi connectivity index (χ4n) is 4.73. The molecular formula is C19H30N2O3. The minimum atomic E-state index is -0.155. The first kappa shape index (κ1) is 17.4. The summed E-state index contributed by atoms with van der Waals surface area (Å²) >= 11 is 0. The van der Waals surface area contributed by atoms with Gasteiger partial charge < -0.3 is 4.90 Å². The van der Waals surface area contributed by atoms with Crippen LogP contribution in [-0.2, 0) is 14.4 Å². The quantitative estimate of drug-likeness (QED) is 0.743. The van der Waals surface area contributed by atoms with E-state index in [-0.39, 0.29) is 36.1 Å². The first-order valence-corrected chi connectivity index (χ1v) is 9.74. The Morgan fingerprint density at radius 3 is 2.25 bits per heavy atom. The second kappa shape index (κ2) is 7.66. The number of hydrogen-bond acceptors (Lipinski definition) is 3. The molecule has 134 valence electrons. The van der Waals surface area contributed by atoms with Gasteiger partial charge in [-0.15, -0.1) is 0 Å². The van der Waals surface area contributed by atoms with Gasteiger partial charge in [-0.3, -0.25) is 19.3 Å². The molecule has 2 heterocycles. The first-order chi connectivity index (χ1) is 11.6. The minimum absolute atomic E-state index is 0.0386. The Morgan fingerprint density at radius 2 is 1.62 bits per heavy atom. The molecule has 3 aliphatic rings. The zero-order valence-corrected chi connectivity index (χ0v) is 14.8. The van der Waals surface area contributed by atoms with Crippen LogP contribution in [0.15, 0.2) is 0 Å². The Kier molecular flexibility index (Phi) is 5.57. The van der Waals surface area contributed by atoms with E-state index in [1.807, 2.05) is 4.90 Å². The highest BCUT2D eigenvalue weighted by Crippen LogP contribution is 2.38. The molecule has 0 spiro atoms. The molecule has 5 nitrogen and oxygen atoms in total. The van der Waals surface area contributed by atoms with Gasteiger partial charge in [-0.2, -0.15) is 0 Å². The summed E-state index contributed by atoms with van der Waals surface area (Å²) in [5, 5.41) is 0. The van der Waals surface area contributed by atoms with E-state index in [1.165, 1.54) is 24.2 Å². The van der Waals surface area contributed by atoms with Crippen LogP contribution in [-0.4, -0.2) is 47.2 Å². The van der Waals surface area contributed by atoms with Gasteiger partial charge in [0, 0.05) is 13.1 Å². The molecule has 3 unspecified atom stereocenters. The van der Waals surface area contributed by atoms with Gasteiger partial charge in [-0.05, 0) is 38.0 Å². The maximum atomic E-state index is 12.6. The van der Waals surface area contributed by atoms with Crippen LogP contribution in [0.3, 0.4) is 0 Å². The number of fused-ring (bicyclic) bond motifs is 1. The van der Waals surface area contributed by atoms with E-state index in [1.54, 1.807) is 0 Å². The lowest BCUT2D eigenvalue weighted by Gasteiger charge is -2.23. The summed E-state index contributed by atoms with van der Waals surface area (Å²) < 4.78 is 0. The molecule has 0 radical (unpaired) electrons. The summed E-state index contributed by atoms with van der Waals surface area (Å²) in [6.07, 6.45) is 9.34. The molecule has 0 aromatic carbocycles. The molecule has 1 saturated carbocycles. The normalized spacial score (nSPS) is 31.1. The van der Waals surface area contributed by atoms with E-state index >= 15 is 0 Å². The SMILES string of the molecule is CCCC1CCCN(C(=O)CN2C(=O)C3CCCCC3C2=O)CC1. The third-order valence-electron chi connectivity index (χ3n) is 6.12. The summed E-state index contributed by atoms with van der Waals surface area (Å²) in [7, 11) is 0. The largest absolute Gasteiger partial charge is 0.341 e. The van der Waals surface area contributed by atoms with Crippen LogP contribution < -0.4 is 0 Å². The standard InChI is InChI=1S/C19H30N2O3/c1-2-6-14-7-5-11-20(12-10-14)17(22)13-21-18(23)15-8-3-4-9-16(15)19(21)24/h14-16H,2-13H2,1H3. The van der Waals surface area contributed by atoms with Crippen LogP contribution in [0.25, 0.3) is 0 Å². The number of amides is 3. The summed E-state index contributed by atoms with van der Waals surface area (Å²) in [5.41, 5.74) is 0. The highest BCUT2D eigenvalue weighted by atomic mass is 16.2. The number of hydrogen-bond donors (Lipinski definition) is 0. The number of likely N-dealkylation sites (tertiary alicyclic amines) is 2. The Morgan fingerprint density at radius 1 is 0.958 bits per heavy atom. The molecule has 3 atom stereocenters. The number of nitrogens with zero attached hydrogens (tertiary/aromatic N) is 2. The average molecular weight is 334 g/mol. The Balaban J connectivity index is 1.58. The summed E-state index contributed by atoms with van der Waals surface area (Å²) in [5.74, 6) is 0.154. The van der Waals surface area contributed by atoms with Crippen LogP contribution in [0.2, 0.25) is 0 Å². The fourth-order valence-corrected chi connectivity index (χ4v) is 4.73. The van der Waals surface area contributed by atoms with Crippen molar-refractivity contribution in [3.8, 4) is 0 Å². The Labute approximate surface area is 144 Å². The van der Waals surface area contributed by atoms with Crippen LogP contribution in [0, 0.1) is 17.8 Å². The Bertz CT molecular complexity index is 481. The van der Waals surface area contributed by atoms with Crippen LogP contribution in [0.5, 0.6) is 0 Å². The minimum Gasteiger partial charge on any atom is -0.341 e. The zero-order chi connectivity index (χ0) is 17.1. The lowest BCUT2D eigenvalue weighted by Crippen LogP contribution is -2.43. The van der Waals surface area contributed by atoms with Crippen molar-refractivity contribution >= 4 is 17.7 Å². The molecule has 0 aromatic heterocycles. The third-order valence-corrected chi connectivity index (χ3v) is 6.12. The average Bonchev–Trinajstić information content (AvgIpc) is 2.76. The number of carbonyl (C=O) groups is 3. The van der Waals surface area contributed by atoms with Crippen LogP contribution in [0.4, 0.5) is 0 Å². The molecule has 0 N–H and O–H groups in total. The number of carbonyl (C=O) groups excluding carboxylic acids is 3. The lowest BCUT2D eigenvalue weighted by atomic mass is 9.81. The molecule has 1 aliphatic carbocycles. The van der Waals surface area contributed by atoms with Gasteiger partial charge in [-0.1, -0.05) is 32.6 Å². The van der Waals surface area contributed by atoms with Gasteiger partial charge in [0.25, 0.3) is 0 Å². The highest BCUT2D eigenvalue weighted by molar-refractivity contribution is 6.07. The fraction of sp³-hybridized carbons (Fsp3) is 0.842. The molecular weight excluding hydrogens is 304 g/mol. The van der Waals surface area contributed by atoms with Gasteiger partial charge in [0.15, 0.2) is 0 Å². The lowest BCUT2D eigenvalue weighted by molar-refractivity contribution is -0.146. The van der Waals surface area contributed by atoms with Crippen molar-refractivity contribution < 1.29 is 14.4 Å². The predicted octanol–water partition coefficient (Wildman–Crippen LogP) is 2.59. The van der Waals surface area contributed by atoms with Crippen LogP contribution in [0.1, 0.15) is 64.7 Å². The van der Waals surface area contributed by atoms with Gasteiger partial charge in [0.1, 0.15) is 6.54 Å². The van der Waals surface area contributed by atoms with Crippen molar-refractivity contribution in [3.05, 3.63) is 0 Å². The predicted molar refractivity (Wildman–Crippen MR) is 91.0 cm³/mol. The number of rotatable bonds is 4. The zero-order valence-electron chi connectivity index (χ0n) is 14.8. The monoisotopic (exact) mass is 334 g/mol. The van der Waals surface area contributed by atoms with Crippen molar-refractivity contribution in [1.29, 1.82) is 0 Å². The van der Waals surface area contributed by atoms with E-state index in [0.717, 1.165) is 51.6 Å². The molecule has 3 fully saturated rings. The molecule has 5 heteroatoms. The van der Waals surface area contributed by atoms with Gasteiger partial charge >= 0.3 is 0 Å². The van der Waals surface area contributed by atoms with Crippen molar-refractivity contribution in [1.82, 2.24) is 9.80 Å². The summed E-state index contributed by atoms with van der Waals surface area (Å²) in [6, 6.07) is 0. The third kappa shape index (κ3) is 3.50. The summed E-state index contributed by atoms with van der Waals surface area (Å²) in [6.45, 7) is 3.70. The second-order valence-electron chi connectivity index (χ2n) is 7.73. The summed E-state index contributed by atoms with van der Waals surface area (Å²) in [4.78, 5) is 40.8. The van der Waals surface area contributed by atoms with Crippen molar-refractivity contribution in [2.75, 3.05) is 19.6 Å². The molecule has 0 bridgehead atoms. The van der Waals surface area contributed by atoms with Crippen molar-refractivity contribution in [2.45, 2.75) is 64.7 Å². The van der Waals surface area contributed by atoms with E-state index in [9.17, 15) is 14.4 Å². The molecule has 2 aliphatic heterocycles. The van der Waals surface area contributed by atoms with Gasteiger partial charge in [-0.25, -0.2) is 0 Å². The van der Waals surface area contributed by atoms with E-state index in [4.69, 9.17) is 0 Å². The molecule has 3 amide bonds. The van der Waals surface area contributed by atoms with Crippen LogP contribution >= 0.6 is 0 Å². The molecule has 2 saturated heterocycles. The van der Waals surface area contributed by atoms with E-state index < -0.39 is 0 Å². The smallest absolute Gasteiger partial charge is 0.242 e. The first-order valence-electron chi connectivity index (χ1n) is 9.74. The number of imide groups is 1. The second-order valence-corrected chi connectivity index (χ2v) is 7.73. The van der Waals surface area contributed by atoms with Gasteiger partial charge in [0.2, 0.25) is 17.7 Å². The van der Waals surface area contributed by atoms with E-state index in [0.29, 0.717) is 5.92 Å². The van der Waals surface area contributed by atoms with Gasteiger partial charge in [0.05, 0.1) is 11.8 Å². The molecule has 3 rings (SSSR count). The molecule has 24 heavy (non-hydrogen) atoms. The van der Waals surface area contributed by atoms with Crippen molar-refractivity contribution in [2.24, 2.45) is 17.8 Å². The molecule has 0 aromatic rings. The van der Waals surface area contributed by atoms with Crippen molar-refractivity contribution in [3.63, 3.8) is 0 Å².